The van der Waals surface area contributed by atoms with Gasteiger partial charge in [-0.1, -0.05) is 26.8 Å². The number of nitrogen functional groups attached to an aromatic ring is 1. The second-order valence-corrected chi connectivity index (χ2v) is 12.3. The van der Waals surface area contributed by atoms with Crippen molar-refractivity contribution in [2.75, 3.05) is 23.8 Å². The van der Waals surface area contributed by atoms with Crippen molar-refractivity contribution in [1.29, 1.82) is 0 Å². The topological polar surface area (TPSA) is 128 Å². The van der Waals surface area contributed by atoms with Crippen molar-refractivity contribution >= 4 is 27.6 Å². The number of ether oxygens (including phenoxy) is 1. The van der Waals surface area contributed by atoms with Crippen molar-refractivity contribution in [3.63, 3.8) is 0 Å². The normalized spacial score (nSPS) is 17.0. The largest absolute Gasteiger partial charge is 0.493 e. The van der Waals surface area contributed by atoms with Gasteiger partial charge in [0.15, 0.2) is 5.03 Å². The van der Waals surface area contributed by atoms with Crippen LogP contribution in [0.2, 0.25) is 0 Å². The van der Waals surface area contributed by atoms with Crippen LogP contribution in [0.25, 0.3) is 11.3 Å². The third kappa shape index (κ3) is 5.75. The number of pyridine rings is 2. The Labute approximate surface area is 224 Å². The van der Waals surface area contributed by atoms with Crippen molar-refractivity contribution in [1.82, 2.24) is 14.7 Å². The molecule has 1 unspecified atom stereocenters. The molecule has 1 aromatic carbocycles. The van der Waals surface area contributed by atoms with E-state index in [1.54, 1.807) is 12.1 Å². The van der Waals surface area contributed by atoms with Crippen LogP contribution in [0.4, 0.5) is 11.6 Å². The number of carbonyl (C=O) groups excluding carboxylic acids is 1. The molecule has 1 amide bonds. The Morgan fingerprint density at radius 3 is 2.45 bits per heavy atom. The molecule has 4 rings (SSSR count). The van der Waals surface area contributed by atoms with Crippen molar-refractivity contribution in [2.45, 2.75) is 51.6 Å². The van der Waals surface area contributed by atoms with E-state index in [1.165, 1.54) is 18.2 Å². The highest BCUT2D eigenvalue weighted by molar-refractivity contribution is 7.90. The zero-order valence-corrected chi connectivity index (χ0v) is 23.2. The van der Waals surface area contributed by atoms with Gasteiger partial charge in [-0.2, -0.15) is 8.42 Å². The molecule has 3 N–H and O–H groups in total. The number of nitrogens with zero attached hydrogens (tertiary/aromatic N) is 3. The van der Waals surface area contributed by atoms with E-state index in [4.69, 9.17) is 15.5 Å². The van der Waals surface area contributed by atoms with Gasteiger partial charge in [0.05, 0.1) is 17.9 Å². The van der Waals surface area contributed by atoms with E-state index in [1.807, 2.05) is 24.3 Å². The molecule has 0 spiro atoms. The van der Waals surface area contributed by atoms with E-state index < -0.39 is 15.9 Å². The van der Waals surface area contributed by atoms with E-state index in [0.29, 0.717) is 36.5 Å². The fraction of sp³-hybridized carbons (Fsp3) is 0.393. The maximum atomic E-state index is 13.4. The predicted octanol–water partition coefficient (Wildman–Crippen LogP) is 4.50. The number of amides is 1. The number of sulfonamides is 1. The van der Waals surface area contributed by atoms with Crippen LogP contribution in [-0.2, 0) is 10.0 Å². The van der Waals surface area contributed by atoms with Gasteiger partial charge in [0.25, 0.3) is 15.9 Å². The summed E-state index contributed by atoms with van der Waals surface area (Å²) in [6.45, 7) is 11.9. The van der Waals surface area contributed by atoms with Crippen LogP contribution < -0.4 is 20.1 Å². The van der Waals surface area contributed by atoms with Gasteiger partial charge in [-0.05, 0) is 80.6 Å². The molecule has 9 nitrogen and oxygen atoms in total. The third-order valence-corrected chi connectivity index (χ3v) is 8.28. The van der Waals surface area contributed by atoms with Crippen molar-refractivity contribution in [3.8, 4) is 17.0 Å². The number of nitrogens with one attached hydrogen (secondary N) is 1. The van der Waals surface area contributed by atoms with Gasteiger partial charge in [0.1, 0.15) is 17.4 Å². The van der Waals surface area contributed by atoms with E-state index in [2.05, 4.69) is 49.2 Å². The van der Waals surface area contributed by atoms with Gasteiger partial charge < -0.3 is 15.4 Å². The lowest BCUT2D eigenvalue weighted by molar-refractivity contribution is 0.0981. The SMILES string of the molecule is CC(C)COc1ccc(-c2ccc(C(=O)NS(=O)(=O)c3cccc(N)n3)c(N3CCC(C)C3(C)C)n2)cc1. The van der Waals surface area contributed by atoms with Crippen LogP contribution in [0.15, 0.2) is 59.6 Å². The number of anilines is 2. The second kappa shape index (κ2) is 10.6. The van der Waals surface area contributed by atoms with E-state index in [-0.39, 0.29) is 21.9 Å². The molecule has 0 radical (unpaired) electrons. The van der Waals surface area contributed by atoms with Crippen LogP contribution in [-0.4, -0.2) is 43.0 Å². The second-order valence-electron chi connectivity index (χ2n) is 10.6. The van der Waals surface area contributed by atoms with Gasteiger partial charge in [-0.3, -0.25) is 4.79 Å². The Morgan fingerprint density at radius 2 is 1.84 bits per heavy atom. The predicted molar refractivity (Wildman–Crippen MR) is 149 cm³/mol. The molecule has 1 fully saturated rings. The Hall–Kier alpha value is -3.66. The quantitative estimate of drug-likeness (QED) is 0.430. The molecule has 1 saturated heterocycles. The number of aromatic nitrogens is 2. The molecule has 0 bridgehead atoms. The monoisotopic (exact) mass is 537 g/mol. The molecule has 1 aliphatic heterocycles. The van der Waals surface area contributed by atoms with E-state index >= 15 is 0 Å². The molecule has 202 valence electrons. The van der Waals surface area contributed by atoms with Gasteiger partial charge in [-0.25, -0.2) is 14.7 Å². The number of carbonyl (C=O) groups is 1. The summed E-state index contributed by atoms with van der Waals surface area (Å²) in [5, 5.41) is -0.327. The molecular weight excluding hydrogens is 502 g/mol. The lowest BCUT2D eigenvalue weighted by atomic mass is 9.90. The first-order valence-corrected chi connectivity index (χ1v) is 14.2. The fourth-order valence-electron chi connectivity index (χ4n) is 4.40. The van der Waals surface area contributed by atoms with Gasteiger partial charge >= 0.3 is 0 Å². The molecule has 38 heavy (non-hydrogen) atoms. The molecular formula is C28H35N5O4S. The first-order chi connectivity index (χ1) is 17.9. The number of hydrogen-bond donors (Lipinski definition) is 2. The summed E-state index contributed by atoms with van der Waals surface area (Å²) in [6.07, 6.45) is 0.924. The van der Waals surface area contributed by atoms with E-state index in [0.717, 1.165) is 17.7 Å². The molecule has 1 atom stereocenters. The first-order valence-electron chi connectivity index (χ1n) is 12.7. The summed E-state index contributed by atoms with van der Waals surface area (Å²) in [5.41, 5.74) is 7.05. The maximum Gasteiger partial charge on any atom is 0.281 e. The number of benzene rings is 1. The number of hydrogen-bond acceptors (Lipinski definition) is 8. The van der Waals surface area contributed by atoms with Crippen LogP contribution in [0.1, 0.15) is 51.4 Å². The summed E-state index contributed by atoms with van der Waals surface area (Å²) in [7, 11) is -4.24. The number of nitrogens with two attached hydrogens (primary N) is 1. The Kier molecular flexibility index (Phi) is 7.64. The molecule has 10 heteroatoms. The highest BCUT2D eigenvalue weighted by Crippen LogP contribution is 2.39. The zero-order valence-electron chi connectivity index (χ0n) is 22.4. The minimum Gasteiger partial charge on any atom is -0.493 e. The first kappa shape index (κ1) is 27.4. The lowest BCUT2D eigenvalue weighted by Gasteiger charge is -2.36. The molecule has 0 aliphatic carbocycles. The van der Waals surface area contributed by atoms with Crippen molar-refractivity contribution < 1.29 is 17.9 Å². The Balaban J connectivity index is 1.70. The summed E-state index contributed by atoms with van der Waals surface area (Å²) >= 11 is 0. The maximum absolute atomic E-state index is 13.4. The fourth-order valence-corrected chi connectivity index (χ4v) is 5.34. The molecule has 2 aromatic heterocycles. The zero-order chi connectivity index (χ0) is 27.7. The van der Waals surface area contributed by atoms with Crippen LogP contribution in [0.3, 0.4) is 0 Å². The van der Waals surface area contributed by atoms with Crippen LogP contribution in [0, 0.1) is 11.8 Å². The molecule has 3 heterocycles. The average Bonchev–Trinajstić information content (AvgIpc) is 3.14. The number of rotatable bonds is 8. The Morgan fingerprint density at radius 1 is 1.13 bits per heavy atom. The minimum atomic E-state index is -4.24. The minimum absolute atomic E-state index is 0.0421. The molecule has 0 saturated carbocycles. The smallest absolute Gasteiger partial charge is 0.281 e. The van der Waals surface area contributed by atoms with Crippen LogP contribution in [0.5, 0.6) is 5.75 Å². The van der Waals surface area contributed by atoms with E-state index in [9.17, 15) is 13.2 Å². The standard InChI is InChI=1S/C28H35N5O4S/c1-18(2)17-37-21-11-9-20(10-12-21)23-14-13-22(26(30-23)33-16-15-19(3)28(33,4)5)27(34)32-38(35,36)25-8-6-7-24(29)31-25/h6-14,18-19H,15-17H2,1-5H3,(H2,29,31)(H,32,34). The van der Waals surface area contributed by atoms with Crippen molar-refractivity contribution in [2.24, 2.45) is 11.8 Å². The van der Waals surface area contributed by atoms with Crippen LogP contribution >= 0.6 is 0 Å². The lowest BCUT2D eigenvalue weighted by Crippen LogP contribution is -2.43. The average molecular weight is 538 g/mol. The summed E-state index contributed by atoms with van der Waals surface area (Å²) in [4.78, 5) is 24.2. The summed E-state index contributed by atoms with van der Waals surface area (Å²) in [6, 6.07) is 15.2. The van der Waals surface area contributed by atoms with Gasteiger partial charge in [-0.15, -0.1) is 0 Å². The van der Waals surface area contributed by atoms with Crippen molar-refractivity contribution in [3.05, 3.63) is 60.2 Å². The third-order valence-electron chi connectivity index (χ3n) is 7.04. The summed E-state index contributed by atoms with van der Waals surface area (Å²) in [5.74, 6) is 1.24. The highest BCUT2D eigenvalue weighted by atomic mass is 32.2. The molecule has 3 aromatic rings. The Bertz CT molecular complexity index is 1420. The van der Waals surface area contributed by atoms with Gasteiger partial charge in [0.2, 0.25) is 0 Å². The molecule has 1 aliphatic rings. The van der Waals surface area contributed by atoms with Gasteiger partial charge in [0, 0.05) is 17.6 Å². The highest BCUT2D eigenvalue weighted by Gasteiger charge is 2.41. The summed E-state index contributed by atoms with van der Waals surface area (Å²) < 4.78 is 33.7.